The molecule has 2 fully saturated rings. The van der Waals surface area contributed by atoms with E-state index in [1.54, 1.807) is 12.4 Å². The van der Waals surface area contributed by atoms with Crippen LogP contribution in [0.25, 0.3) is 11.0 Å². The van der Waals surface area contributed by atoms with E-state index in [2.05, 4.69) is 57.0 Å². The van der Waals surface area contributed by atoms with E-state index in [9.17, 15) is 0 Å². The summed E-state index contributed by atoms with van der Waals surface area (Å²) in [6.07, 6.45) is 11.7. The van der Waals surface area contributed by atoms with Gasteiger partial charge in [-0.3, -0.25) is 4.98 Å². The van der Waals surface area contributed by atoms with Crippen LogP contribution in [0.4, 0.5) is 5.69 Å². The van der Waals surface area contributed by atoms with Gasteiger partial charge in [0.15, 0.2) is 0 Å². The van der Waals surface area contributed by atoms with Crippen molar-refractivity contribution in [3.8, 4) is 5.75 Å². The van der Waals surface area contributed by atoms with Gasteiger partial charge in [-0.05, 0) is 57.9 Å². The zero-order valence-electron chi connectivity index (χ0n) is 19.1. The largest absolute Gasteiger partial charge is 0.488 e. The van der Waals surface area contributed by atoms with Gasteiger partial charge in [0, 0.05) is 43.3 Å². The summed E-state index contributed by atoms with van der Waals surface area (Å²) in [5.41, 5.74) is 3.92. The number of nitrogens with one attached hydrogen (secondary N) is 1. The quantitative estimate of drug-likeness (QED) is 0.518. The SMILES string of the molecule is C=N/C(NC1CCC(Oc2cc(N3CCOCC3)cc3nccnc23)CC1)=C(C)\C=C/C. The number of nitrogens with zero attached hydrogens (tertiary/aromatic N) is 4. The number of ether oxygens (including phenoxy) is 2. The van der Waals surface area contributed by atoms with Gasteiger partial charge in [0.1, 0.15) is 17.1 Å². The Morgan fingerprint density at radius 3 is 2.66 bits per heavy atom. The Morgan fingerprint density at radius 1 is 1.19 bits per heavy atom. The number of fused-ring (bicyclic) bond motifs is 1. The van der Waals surface area contributed by atoms with E-state index in [1.165, 1.54) is 0 Å². The highest BCUT2D eigenvalue weighted by molar-refractivity contribution is 5.85. The minimum atomic E-state index is 0.166. The molecule has 1 saturated carbocycles. The average molecular weight is 436 g/mol. The molecule has 0 spiro atoms. The predicted octanol–water partition coefficient (Wildman–Crippen LogP) is 4.25. The van der Waals surface area contributed by atoms with Crippen LogP contribution >= 0.6 is 0 Å². The van der Waals surface area contributed by atoms with E-state index in [0.29, 0.717) is 6.04 Å². The molecule has 1 saturated heterocycles. The van der Waals surface area contributed by atoms with Crippen molar-refractivity contribution < 1.29 is 9.47 Å². The Bertz CT molecular complexity index is 989. The molecular formula is C25H33N5O2. The highest BCUT2D eigenvalue weighted by Gasteiger charge is 2.24. The zero-order valence-corrected chi connectivity index (χ0v) is 19.1. The topological polar surface area (TPSA) is 71.9 Å². The molecule has 2 aliphatic rings. The molecule has 2 aromatic rings. The molecule has 0 unspecified atom stereocenters. The number of allylic oxidation sites excluding steroid dienone is 3. The second-order valence-corrected chi connectivity index (χ2v) is 8.39. The summed E-state index contributed by atoms with van der Waals surface area (Å²) in [7, 11) is 0. The van der Waals surface area contributed by atoms with Crippen molar-refractivity contribution in [3.63, 3.8) is 0 Å². The van der Waals surface area contributed by atoms with Crippen LogP contribution in [0.5, 0.6) is 5.75 Å². The Hall–Kier alpha value is -2.93. The predicted molar refractivity (Wildman–Crippen MR) is 129 cm³/mol. The van der Waals surface area contributed by atoms with Crippen LogP contribution in [0.2, 0.25) is 0 Å². The molecule has 1 N–H and O–H groups in total. The van der Waals surface area contributed by atoms with Crippen molar-refractivity contribution in [2.24, 2.45) is 4.99 Å². The lowest BCUT2D eigenvalue weighted by Gasteiger charge is -2.32. The summed E-state index contributed by atoms with van der Waals surface area (Å²) in [4.78, 5) is 15.6. The van der Waals surface area contributed by atoms with Crippen LogP contribution in [0.15, 0.2) is 53.1 Å². The lowest BCUT2D eigenvalue weighted by molar-refractivity contribution is 0.122. The van der Waals surface area contributed by atoms with E-state index in [1.807, 2.05) is 13.0 Å². The molecule has 4 rings (SSSR count). The third-order valence-electron chi connectivity index (χ3n) is 6.16. The van der Waals surface area contributed by atoms with Crippen LogP contribution in [-0.2, 0) is 4.74 Å². The van der Waals surface area contributed by atoms with Crippen molar-refractivity contribution in [2.75, 3.05) is 31.2 Å². The molecule has 1 aliphatic carbocycles. The molecule has 0 atom stereocenters. The monoisotopic (exact) mass is 435 g/mol. The first kappa shape index (κ1) is 22.3. The lowest BCUT2D eigenvalue weighted by atomic mass is 9.92. The standard InChI is InChI=1S/C25H33N5O2/c1-4-5-18(2)25(26-3)29-19-6-8-21(9-7-19)32-23-17-20(30-12-14-31-15-13-30)16-22-24(23)28-11-10-27-22/h4-5,10-11,16-17,19,21,29H,3,6-9,12-15H2,1-2H3/b5-4-,25-18+. The Labute approximate surface area is 190 Å². The van der Waals surface area contributed by atoms with Gasteiger partial charge >= 0.3 is 0 Å². The van der Waals surface area contributed by atoms with Crippen LogP contribution in [0, 0.1) is 0 Å². The van der Waals surface area contributed by atoms with E-state index >= 15 is 0 Å². The molecule has 0 amide bonds. The van der Waals surface area contributed by atoms with E-state index < -0.39 is 0 Å². The number of morpholine rings is 1. The molecule has 7 nitrogen and oxygen atoms in total. The molecule has 2 heterocycles. The number of rotatable bonds is 7. The van der Waals surface area contributed by atoms with Gasteiger partial charge in [0.05, 0.1) is 24.8 Å². The van der Waals surface area contributed by atoms with Crippen LogP contribution in [0.1, 0.15) is 39.5 Å². The fourth-order valence-electron chi connectivity index (χ4n) is 4.43. The maximum atomic E-state index is 6.52. The van der Waals surface area contributed by atoms with E-state index in [4.69, 9.17) is 9.47 Å². The summed E-state index contributed by atoms with van der Waals surface area (Å²) < 4.78 is 12.0. The Kier molecular flexibility index (Phi) is 7.37. The van der Waals surface area contributed by atoms with Crippen LogP contribution < -0.4 is 15.0 Å². The van der Waals surface area contributed by atoms with Crippen molar-refractivity contribution in [2.45, 2.75) is 51.7 Å². The second-order valence-electron chi connectivity index (χ2n) is 8.39. The van der Waals surface area contributed by atoms with Gasteiger partial charge in [-0.25, -0.2) is 9.98 Å². The summed E-state index contributed by atoms with van der Waals surface area (Å²) >= 11 is 0. The molecule has 1 aromatic heterocycles. The lowest BCUT2D eigenvalue weighted by Crippen LogP contribution is -2.36. The number of aromatic nitrogens is 2. The van der Waals surface area contributed by atoms with Gasteiger partial charge in [-0.2, -0.15) is 0 Å². The first-order chi connectivity index (χ1) is 15.7. The van der Waals surface area contributed by atoms with Gasteiger partial charge in [0.25, 0.3) is 0 Å². The summed E-state index contributed by atoms with van der Waals surface area (Å²) in [5, 5.41) is 3.56. The summed E-state index contributed by atoms with van der Waals surface area (Å²) in [6.45, 7) is 11.0. The van der Waals surface area contributed by atoms with Gasteiger partial charge in [-0.1, -0.05) is 12.2 Å². The molecule has 7 heteroatoms. The molecule has 0 radical (unpaired) electrons. The smallest absolute Gasteiger partial charge is 0.149 e. The molecule has 32 heavy (non-hydrogen) atoms. The average Bonchev–Trinajstić information content (AvgIpc) is 2.84. The Morgan fingerprint density at radius 2 is 1.94 bits per heavy atom. The fourth-order valence-corrected chi connectivity index (χ4v) is 4.43. The number of aliphatic imine (C=N–C) groups is 1. The molecular weight excluding hydrogens is 402 g/mol. The highest BCUT2D eigenvalue weighted by atomic mass is 16.5. The van der Waals surface area contributed by atoms with Gasteiger partial charge in [-0.15, -0.1) is 0 Å². The maximum absolute atomic E-state index is 6.52. The zero-order chi connectivity index (χ0) is 22.3. The number of anilines is 1. The summed E-state index contributed by atoms with van der Waals surface area (Å²) in [6, 6.07) is 4.60. The molecule has 170 valence electrons. The number of hydrogen-bond acceptors (Lipinski definition) is 7. The second kappa shape index (κ2) is 10.6. The van der Waals surface area contributed by atoms with Crippen molar-refractivity contribution in [1.29, 1.82) is 0 Å². The van der Waals surface area contributed by atoms with Crippen molar-refractivity contribution in [3.05, 3.63) is 48.1 Å². The van der Waals surface area contributed by atoms with Crippen LogP contribution in [-0.4, -0.2) is 55.1 Å². The minimum Gasteiger partial charge on any atom is -0.488 e. The Balaban J connectivity index is 1.45. The van der Waals surface area contributed by atoms with E-state index in [0.717, 1.165) is 85.9 Å². The first-order valence-corrected chi connectivity index (χ1v) is 11.5. The molecule has 1 aliphatic heterocycles. The maximum Gasteiger partial charge on any atom is 0.149 e. The number of hydrogen-bond donors (Lipinski definition) is 1. The van der Waals surface area contributed by atoms with Gasteiger partial charge in [0.2, 0.25) is 0 Å². The van der Waals surface area contributed by atoms with Crippen molar-refractivity contribution in [1.82, 2.24) is 15.3 Å². The highest BCUT2D eigenvalue weighted by Crippen LogP contribution is 2.33. The molecule has 1 aromatic carbocycles. The van der Waals surface area contributed by atoms with E-state index in [-0.39, 0.29) is 6.10 Å². The first-order valence-electron chi connectivity index (χ1n) is 11.5. The summed E-state index contributed by atoms with van der Waals surface area (Å²) in [5.74, 6) is 1.69. The minimum absolute atomic E-state index is 0.166. The number of benzene rings is 1. The van der Waals surface area contributed by atoms with Crippen molar-refractivity contribution >= 4 is 23.4 Å². The van der Waals surface area contributed by atoms with Gasteiger partial charge < -0.3 is 19.7 Å². The van der Waals surface area contributed by atoms with Crippen LogP contribution in [0.3, 0.4) is 0 Å². The fraction of sp³-hybridized carbons (Fsp3) is 0.480. The normalized spacial score (nSPS) is 22.6. The molecule has 0 bridgehead atoms. The third-order valence-corrected chi connectivity index (χ3v) is 6.16. The third kappa shape index (κ3) is 5.27.